The van der Waals surface area contributed by atoms with Crippen molar-refractivity contribution < 1.29 is 14.7 Å². The zero-order chi connectivity index (χ0) is 13.8. The summed E-state index contributed by atoms with van der Waals surface area (Å²) in [6, 6.07) is -0.199. The summed E-state index contributed by atoms with van der Waals surface area (Å²) in [5.41, 5.74) is 0.957. The number of aliphatic carboxylic acids is 1. The van der Waals surface area contributed by atoms with Crippen molar-refractivity contribution in [3.05, 3.63) is 18.2 Å². The monoisotopic (exact) mass is 266 g/mol. The van der Waals surface area contributed by atoms with Crippen LogP contribution in [0.15, 0.2) is 12.5 Å². The van der Waals surface area contributed by atoms with Crippen molar-refractivity contribution in [3.8, 4) is 0 Å². The van der Waals surface area contributed by atoms with Crippen molar-refractivity contribution in [3.63, 3.8) is 0 Å². The molecule has 0 aromatic carbocycles. The molecule has 0 spiro atoms. The van der Waals surface area contributed by atoms with E-state index in [0.29, 0.717) is 19.5 Å². The normalized spacial score (nSPS) is 22.5. The number of nitrogens with one attached hydrogen (secondary N) is 2. The zero-order valence-corrected chi connectivity index (χ0v) is 10.8. The Hall–Kier alpha value is -2.05. The number of H-pyrrole nitrogens is 1. The average Bonchev–Trinajstić information content (AvgIpc) is 2.98. The third-order valence-corrected chi connectivity index (χ3v) is 3.44. The lowest BCUT2D eigenvalue weighted by molar-refractivity contribution is -0.142. The van der Waals surface area contributed by atoms with E-state index in [2.05, 4.69) is 15.3 Å². The Labute approximate surface area is 111 Å². The lowest BCUT2D eigenvalue weighted by Gasteiger charge is -2.16. The van der Waals surface area contributed by atoms with Gasteiger partial charge in [-0.3, -0.25) is 4.79 Å². The average molecular weight is 266 g/mol. The molecular weight excluding hydrogens is 248 g/mol. The molecule has 1 fully saturated rings. The molecule has 1 aliphatic heterocycles. The minimum Gasteiger partial charge on any atom is -0.481 e. The van der Waals surface area contributed by atoms with E-state index in [0.717, 1.165) is 5.69 Å². The van der Waals surface area contributed by atoms with Gasteiger partial charge in [0.15, 0.2) is 0 Å². The molecule has 1 aliphatic rings. The third kappa shape index (κ3) is 3.24. The van der Waals surface area contributed by atoms with Gasteiger partial charge in [-0.05, 0) is 5.92 Å². The summed E-state index contributed by atoms with van der Waals surface area (Å²) in [7, 11) is 0. The van der Waals surface area contributed by atoms with Crippen LogP contribution in [0.2, 0.25) is 0 Å². The van der Waals surface area contributed by atoms with Crippen LogP contribution in [0.4, 0.5) is 4.79 Å². The molecule has 19 heavy (non-hydrogen) atoms. The van der Waals surface area contributed by atoms with Gasteiger partial charge in [0.25, 0.3) is 0 Å². The van der Waals surface area contributed by atoms with E-state index in [-0.39, 0.29) is 18.5 Å². The van der Waals surface area contributed by atoms with E-state index in [1.807, 2.05) is 6.92 Å². The van der Waals surface area contributed by atoms with Crippen LogP contribution < -0.4 is 5.32 Å². The standard InChI is InChI=1S/C12H18N4O3/c1-8-5-16(6-10(8)11(17)18)12(19)14-3-2-9-4-13-7-15-9/h4,7-8,10H,2-3,5-6H2,1H3,(H,13,15)(H,14,19)(H,17,18)/t8-,10-/m1/s1. The van der Waals surface area contributed by atoms with Gasteiger partial charge in [-0.1, -0.05) is 6.92 Å². The lowest BCUT2D eigenvalue weighted by atomic mass is 9.99. The van der Waals surface area contributed by atoms with Gasteiger partial charge in [-0.15, -0.1) is 0 Å². The van der Waals surface area contributed by atoms with Gasteiger partial charge in [0.1, 0.15) is 0 Å². The number of carbonyl (C=O) groups excluding carboxylic acids is 1. The quantitative estimate of drug-likeness (QED) is 0.730. The Balaban J connectivity index is 1.76. The van der Waals surface area contributed by atoms with Crippen LogP contribution in [-0.4, -0.2) is 51.6 Å². The SMILES string of the molecule is C[C@@H]1CN(C(=O)NCCc2cnc[nH]2)C[C@H]1C(=O)O. The van der Waals surface area contributed by atoms with E-state index in [4.69, 9.17) is 5.11 Å². The molecule has 2 heterocycles. The van der Waals surface area contributed by atoms with E-state index in [1.165, 1.54) is 0 Å². The van der Waals surface area contributed by atoms with Crippen LogP contribution in [0.3, 0.4) is 0 Å². The number of carboxylic acid groups (broad SMARTS) is 1. The number of amides is 2. The van der Waals surface area contributed by atoms with Crippen molar-refractivity contribution in [1.29, 1.82) is 0 Å². The predicted octanol–water partition coefficient (Wildman–Crippen LogP) is 0.314. The van der Waals surface area contributed by atoms with E-state index < -0.39 is 11.9 Å². The highest BCUT2D eigenvalue weighted by atomic mass is 16.4. The summed E-state index contributed by atoms with van der Waals surface area (Å²) in [6.07, 6.45) is 3.98. The van der Waals surface area contributed by atoms with Gasteiger partial charge in [0, 0.05) is 37.9 Å². The molecule has 1 aromatic rings. The van der Waals surface area contributed by atoms with Crippen LogP contribution in [0, 0.1) is 11.8 Å². The first-order chi connectivity index (χ1) is 9.08. The van der Waals surface area contributed by atoms with Gasteiger partial charge >= 0.3 is 12.0 Å². The third-order valence-electron chi connectivity index (χ3n) is 3.44. The van der Waals surface area contributed by atoms with Crippen LogP contribution in [0.5, 0.6) is 0 Å². The summed E-state index contributed by atoms with van der Waals surface area (Å²) < 4.78 is 0. The summed E-state index contributed by atoms with van der Waals surface area (Å²) in [5.74, 6) is -1.30. The minimum absolute atomic E-state index is 0.00384. The number of carboxylic acids is 1. The molecule has 0 saturated carbocycles. The number of carbonyl (C=O) groups is 2. The first kappa shape index (κ1) is 13.4. The second kappa shape index (κ2) is 5.73. The van der Waals surface area contributed by atoms with Gasteiger partial charge in [-0.25, -0.2) is 9.78 Å². The fourth-order valence-corrected chi connectivity index (χ4v) is 2.29. The van der Waals surface area contributed by atoms with Gasteiger partial charge in [0.05, 0.1) is 12.2 Å². The second-order valence-electron chi connectivity index (χ2n) is 4.89. The zero-order valence-electron chi connectivity index (χ0n) is 10.8. The van der Waals surface area contributed by atoms with Crippen molar-refractivity contribution in [1.82, 2.24) is 20.2 Å². The van der Waals surface area contributed by atoms with Crippen molar-refractivity contribution in [2.75, 3.05) is 19.6 Å². The molecule has 2 rings (SSSR count). The maximum atomic E-state index is 11.9. The highest BCUT2D eigenvalue weighted by Gasteiger charge is 2.36. The molecule has 2 atom stereocenters. The molecular formula is C12H18N4O3. The second-order valence-corrected chi connectivity index (χ2v) is 4.89. The number of nitrogens with zero attached hydrogens (tertiary/aromatic N) is 2. The number of aromatic amines is 1. The Morgan fingerprint density at radius 3 is 2.95 bits per heavy atom. The number of rotatable bonds is 4. The van der Waals surface area contributed by atoms with Crippen LogP contribution in [-0.2, 0) is 11.2 Å². The number of imidazole rings is 1. The first-order valence-electron chi connectivity index (χ1n) is 6.30. The van der Waals surface area contributed by atoms with Gasteiger partial charge in [0.2, 0.25) is 0 Å². The molecule has 0 aliphatic carbocycles. The van der Waals surface area contributed by atoms with Crippen molar-refractivity contribution in [2.24, 2.45) is 11.8 Å². The minimum atomic E-state index is -0.833. The Bertz CT molecular complexity index is 446. The van der Waals surface area contributed by atoms with E-state index in [1.54, 1.807) is 17.4 Å². The van der Waals surface area contributed by atoms with Crippen LogP contribution in [0.1, 0.15) is 12.6 Å². The maximum absolute atomic E-state index is 11.9. The number of likely N-dealkylation sites (tertiary alicyclic amines) is 1. The highest BCUT2D eigenvalue weighted by Crippen LogP contribution is 2.22. The largest absolute Gasteiger partial charge is 0.481 e. The molecule has 1 saturated heterocycles. The molecule has 1 aromatic heterocycles. The van der Waals surface area contributed by atoms with Crippen LogP contribution in [0.25, 0.3) is 0 Å². The fraction of sp³-hybridized carbons (Fsp3) is 0.583. The predicted molar refractivity (Wildman–Crippen MR) is 67.6 cm³/mol. The molecule has 0 unspecified atom stereocenters. The topological polar surface area (TPSA) is 98.3 Å². The summed E-state index contributed by atoms with van der Waals surface area (Å²) >= 11 is 0. The smallest absolute Gasteiger partial charge is 0.317 e. The summed E-state index contributed by atoms with van der Waals surface area (Å²) in [6.45, 7) is 3.14. The number of aromatic nitrogens is 2. The fourth-order valence-electron chi connectivity index (χ4n) is 2.29. The first-order valence-corrected chi connectivity index (χ1v) is 6.30. The van der Waals surface area contributed by atoms with Gasteiger partial charge < -0.3 is 20.3 Å². The highest BCUT2D eigenvalue weighted by molar-refractivity contribution is 5.77. The summed E-state index contributed by atoms with van der Waals surface area (Å²) in [4.78, 5) is 31.3. The number of hydrogen-bond donors (Lipinski definition) is 3. The van der Waals surface area contributed by atoms with Crippen molar-refractivity contribution in [2.45, 2.75) is 13.3 Å². The maximum Gasteiger partial charge on any atom is 0.317 e. The van der Waals surface area contributed by atoms with Crippen LogP contribution >= 0.6 is 0 Å². The molecule has 7 heteroatoms. The summed E-state index contributed by atoms with van der Waals surface area (Å²) in [5, 5.41) is 11.8. The Morgan fingerprint density at radius 1 is 1.58 bits per heavy atom. The van der Waals surface area contributed by atoms with E-state index >= 15 is 0 Å². The molecule has 0 radical (unpaired) electrons. The van der Waals surface area contributed by atoms with Gasteiger partial charge in [-0.2, -0.15) is 0 Å². The molecule has 2 amide bonds. The molecule has 104 valence electrons. The number of hydrogen-bond acceptors (Lipinski definition) is 3. The molecule has 3 N–H and O–H groups in total. The van der Waals surface area contributed by atoms with E-state index in [9.17, 15) is 9.59 Å². The molecule has 7 nitrogen and oxygen atoms in total. The Kier molecular flexibility index (Phi) is 4.03. The lowest BCUT2D eigenvalue weighted by Crippen LogP contribution is -2.39. The number of urea groups is 1. The molecule has 0 bridgehead atoms. The Morgan fingerprint density at radius 2 is 2.37 bits per heavy atom. The van der Waals surface area contributed by atoms with Crippen molar-refractivity contribution >= 4 is 12.0 Å².